The highest BCUT2D eigenvalue weighted by molar-refractivity contribution is 6.30. The van der Waals surface area contributed by atoms with E-state index >= 15 is 0 Å². The van der Waals surface area contributed by atoms with Gasteiger partial charge in [-0.1, -0.05) is 48.0 Å². The molecule has 5 fully saturated rings. The van der Waals surface area contributed by atoms with Gasteiger partial charge in [0.1, 0.15) is 179 Å². The highest BCUT2D eigenvalue weighted by atomic mass is 35.5. The normalized spacial score (nSPS) is 28.4. The second-order valence-electron chi connectivity index (χ2n) is 40.7. The predicted octanol–water partition coefficient (Wildman–Crippen LogP) is 11.3. The third-order valence-electron chi connectivity index (χ3n) is 31.3. The van der Waals surface area contributed by atoms with Gasteiger partial charge in [-0.25, -0.2) is 34.3 Å². The molecular weight excluding hydrogens is 1880 g/mol. The van der Waals surface area contributed by atoms with Gasteiger partial charge in [0, 0.05) is 179 Å². The molecule has 7 aliphatic carbocycles. The number of hydrogen-bond donors (Lipinski definition) is 15. The van der Waals surface area contributed by atoms with E-state index in [-0.39, 0.29) is 53.7 Å². The molecule has 0 bridgehead atoms. The van der Waals surface area contributed by atoms with Crippen LogP contribution in [0.15, 0.2) is 195 Å². The minimum Gasteiger partial charge on any atom is -0.492 e. The van der Waals surface area contributed by atoms with E-state index in [4.69, 9.17) is 67.7 Å². The van der Waals surface area contributed by atoms with Gasteiger partial charge in [0.2, 0.25) is 0 Å². The molecule has 0 spiro atoms. The van der Waals surface area contributed by atoms with Gasteiger partial charge >= 0.3 is 0 Å². The number of rotatable bonds is 15. The van der Waals surface area contributed by atoms with Crippen molar-refractivity contribution in [3.8, 4) is 40.2 Å². The van der Waals surface area contributed by atoms with Crippen molar-refractivity contribution in [2.75, 3.05) is 19.8 Å². The summed E-state index contributed by atoms with van der Waals surface area (Å²) in [5.41, 5.74) is 41.5. The van der Waals surface area contributed by atoms with Gasteiger partial charge in [-0.3, -0.25) is 0 Å². The number of aromatic nitrogens is 11. The van der Waals surface area contributed by atoms with E-state index in [1.165, 1.54) is 23.5 Å². The maximum absolute atomic E-state index is 14.4. The quantitative estimate of drug-likeness (QED) is 0.0453. The molecule has 24 unspecified atom stereocenters. The number of aliphatic hydroxyl groups is 10. The smallest absolute Gasteiger partial charge is 0.151 e. The van der Waals surface area contributed by atoms with Crippen molar-refractivity contribution in [2.45, 2.75) is 277 Å². The number of nitrogens with zero attached hydrogens (tertiary/aromatic N) is 11. The summed E-state index contributed by atoms with van der Waals surface area (Å²) in [4.78, 5) is 26.3. The Balaban J connectivity index is 0.000000107. The van der Waals surface area contributed by atoms with Crippen LogP contribution in [0.2, 0.25) is 5.02 Å². The second-order valence-corrected chi connectivity index (χ2v) is 41.2. The molecular formula is C111H126ClFN16O17. The first-order chi connectivity index (χ1) is 70.6. The Morgan fingerprint density at radius 3 is 1.13 bits per heavy atom. The van der Waals surface area contributed by atoms with Gasteiger partial charge < -0.3 is 135 Å². The molecule has 146 heavy (non-hydrogen) atoms. The van der Waals surface area contributed by atoms with Crippen molar-refractivity contribution < 1.29 is 88.6 Å². The minimum absolute atomic E-state index is 0.0465. The number of fused-ring (bicyclic) bond motifs is 10. The summed E-state index contributed by atoms with van der Waals surface area (Å²) in [6.07, 6.45) is 15.2. The first-order valence-corrected chi connectivity index (χ1v) is 51.0. The lowest BCUT2D eigenvalue weighted by molar-refractivity contribution is -0.0167. The zero-order valence-corrected chi connectivity index (χ0v) is 82.6. The van der Waals surface area contributed by atoms with E-state index in [0.29, 0.717) is 98.4 Å². The van der Waals surface area contributed by atoms with Gasteiger partial charge in [0.05, 0.1) is 35.6 Å². The van der Waals surface area contributed by atoms with E-state index in [0.717, 1.165) is 174 Å². The highest BCUT2D eigenvalue weighted by Gasteiger charge is 2.51. The van der Waals surface area contributed by atoms with Gasteiger partial charge in [-0.15, -0.1) is 0 Å². The number of benzene rings is 5. The summed E-state index contributed by atoms with van der Waals surface area (Å²) in [5.74, 6) is 4.95. The Hall–Kier alpha value is -12.3. The Labute approximate surface area is 847 Å². The molecule has 15 aromatic rings. The zero-order valence-electron chi connectivity index (χ0n) is 81.9. The van der Waals surface area contributed by atoms with Gasteiger partial charge in [-0.2, -0.15) is 0 Å². The molecule has 24 atom stereocenters. The number of nitrogens with one attached hydrogen (secondary N) is 1. The molecule has 13 heterocycles. The summed E-state index contributed by atoms with van der Waals surface area (Å²) in [5, 5.41) is 116. The maximum atomic E-state index is 14.4. The number of aliphatic hydroxyl groups excluding tert-OH is 10. The summed E-state index contributed by atoms with van der Waals surface area (Å²) < 4.78 is 66.3. The Bertz CT molecular complexity index is 6950. The lowest BCUT2D eigenvalue weighted by atomic mass is 9.87. The Morgan fingerprint density at radius 2 is 0.740 bits per heavy atom. The third kappa shape index (κ3) is 19.3. The topological polar surface area (TPSA) is 485 Å². The van der Waals surface area contributed by atoms with Crippen molar-refractivity contribution in [1.82, 2.24) is 58.1 Å². The van der Waals surface area contributed by atoms with E-state index in [2.05, 4.69) is 47.4 Å². The third-order valence-corrected chi connectivity index (χ3v) is 31.5. The van der Waals surface area contributed by atoms with Crippen LogP contribution in [-0.4, -0.2) is 227 Å². The molecule has 10 aliphatic rings. The van der Waals surface area contributed by atoms with Crippen molar-refractivity contribution in [3.05, 3.63) is 279 Å². The van der Waals surface area contributed by atoms with E-state index in [1.807, 2.05) is 186 Å². The molecule has 35 heteroatoms. The lowest BCUT2D eigenvalue weighted by Gasteiger charge is -2.27. The summed E-state index contributed by atoms with van der Waals surface area (Å²) >= 11 is 6.27. The average molecular weight is 2010 g/mol. The molecule has 0 saturated heterocycles. The molecule has 25 rings (SSSR count). The first kappa shape index (κ1) is 99.7. The standard InChI is InChI=1S/2C23H27N3O3.2C22H25N3O4.C21H22ClFN4O3/c2*1-13-8-10-25-23-15(13)9-11-26(23)17-12-19(22(28)21(17)27)29-18-7-3-5-14-4-2-6-16(24)20(14)18;2*1-12-5-7-24-22-14(12)6-8-25(22)16-10-19(21(27)20(16)26)29-18-4-2-3-17-15(18)9-13(23)11-28-17;1-10-25-8-14-15(23)9-27(21(14)26-10)16-6-18(20(29)19(16)28)30-17-5-12(22)4-11-2-3-24-7-13(11)17/h2*3,5,7-11,16-17,19,21-22,27-28H,2,4,6,12,24H2,1H3;2*2-8,13,16,19-21,26-27H,9-11,23H2,1H3;4-5,8-9,16,18-20,24,28-29H,2-3,6-7H2,1H3. The molecule has 0 radical (unpaired) electrons. The van der Waals surface area contributed by atoms with Crippen molar-refractivity contribution in [1.29, 1.82) is 0 Å². The minimum atomic E-state index is -1.13. The fourth-order valence-electron chi connectivity index (χ4n) is 23.4. The first-order valence-electron chi connectivity index (χ1n) is 50.7. The SMILES string of the molecule is Cc1ccnc2c1ccn2C1CC(Oc2cccc3c2C(N)CCC3)C(O)C1O.Cc1ccnc2c1ccn2C1CC(Oc2cccc3c2C(N)CCC3)C(O)C1O.Cc1ccnc2c1ccn2C1CC(Oc2cccc3c2CC(N)CO3)C(O)C1O.Cc1ccnc2c1ccn2C1CC(Oc2cccc3c2CC(N)CO3)C(O)C1O.Cc1ncc2c(F)cn(C3CC(Oc4cc(Cl)cc5c4CNCC5)C(O)C3O)c2n1. The van der Waals surface area contributed by atoms with Crippen molar-refractivity contribution >= 4 is 66.8 Å². The largest absolute Gasteiger partial charge is 0.492 e. The molecule has 766 valence electrons. The van der Waals surface area contributed by atoms with Crippen molar-refractivity contribution in [2.24, 2.45) is 22.9 Å². The van der Waals surface area contributed by atoms with Gasteiger partial charge in [-0.05, 0) is 235 Å². The van der Waals surface area contributed by atoms with Crippen LogP contribution in [0.4, 0.5) is 4.39 Å². The number of pyridine rings is 4. The molecule has 0 amide bonds. The van der Waals surface area contributed by atoms with Crippen LogP contribution in [0.25, 0.3) is 55.2 Å². The molecule has 5 saturated carbocycles. The zero-order chi connectivity index (χ0) is 101. The van der Waals surface area contributed by atoms with Gasteiger partial charge in [0.25, 0.3) is 0 Å². The molecule has 5 aromatic carbocycles. The molecule has 3 aliphatic heterocycles. The molecule has 33 nitrogen and oxygen atoms in total. The predicted molar refractivity (Wildman–Crippen MR) is 547 cm³/mol. The average Bonchev–Trinajstić information content (AvgIpc) is 1.58. The number of nitrogens with two attached hydrogens (primary N) is 4. The van der Waals surface area contributed by atoms with Crippen LogP contribution in [0, 0.1) is 40.4 Å². The van der Waals surface area contributed by atoms with Crippen LogP contribution < -0.4 is 61.4 Å². The van der Waals surface area contributed by atoms with Crippen LogP contribution >= 0.6 is 11.6 Å². The number of aryl methyl sites for hydroxylation is 7. The summed E-state index contributed by atoms with van der Waals surface area (Å²) in [6.45, 7) is 12.4. The number of ether oxygens (including phenoxy) is 7. The van der Waals surface area contributed by atoms with Crippen LogP contribution in [0.3, 0.4) is 0 Å². The molecule has 19 N–H and O–H groups in total. The number of hydrogen-bond acceptors (Lipinski definition) is 28. The Kier molecular flexibility index (Phi) is 28.5. The summed E-state index contributed by atoms with van der Waals surface area (Å²) in [6, 6.07) is 40.8. The van der Waals surface area contributed by atoms with E-state index < -0.39 is 103 Å². The fourth-order valence-corrected chi connectivity index (χ4v) is 23.6. The van der Waals surface area contributed by atoms with Crippen molar-refractivity contribution in [3.63, 3.8) is 0 Å². The fraction of sp³-hybridized carbons (Fsp3) is 0.423. The van der Waals surface area contributed by atoms with Gasteiger partial charge in [0.15, 0.2) is 5.82 Å². The van der Waals surface area contributed by atoms with Crippen LogP contribution in [-0.2, 0) is 38.6 Å². The Morgan fingerprint density at radius 1 is 0.384 bits per heavy atom. The maximum Gasteiger partial charge on any atom is 0.151 e. The molecule has 10 aromatic heterocycles. The van der Waals surface area contributed by atoms with Crippen LogP contribution in [0.5, 0.6) is 40.2 Å². The lowest BCUT2D eigenvalue weighted by Crippen LogP contribution is -2.36. The monoisotopic (exact) mass is 2010 g/mol. The number of halogens is 2. The van der Waals surface area contributed by atoms with E-state index in [1.54, 1.807) is 42.3 Å². The van der Waals surface area contributed by atoms with E-state index in [9.17, 15) is 55.5 Å². The van der Waals surface area contributed by atoms with Crippen LogP contribution in [0.1, 0.15) is 173 Å². The summed E-state index contributed by atoms with van der Waals surface area (Å²) in [7, 11) is 0. The highest BCUT2D eigenvalue weighted by Crippen LogP contribution is 2.48. The second kappa shape index (κ2) is 41.8.